The zero-order chi connectivity index (χ0) is 12.4. The maximum absolute atomic E-state index is 4.59. The maximum atomic E-state index is 4.59. The molecule has 3 nitrogen and oxygen atoms in total. The molecular formula is C12H19N3S2. The predicted molar refractivity (Wildman–Crippen MR) is 77.2 cm³/mol. The van der Waals surface area contributed by atoms with Crippen molar-refractivity contribution >= 4 is 28.1 Å². The molecule has 1 atom stereocenters. The van der Waals surface area contributed by atoms with E-state index in [2.05, 4.69) is 47.1 Å². The molecule has 0 aliphatic carbocycles. The lowest BCUT2D eigenvalue weighted by Crippen LogP contribution is -2.28. The van der Waals surface area contributed by atoms with Crippen molar-refractivity contribution < 1.29 is 0 Å². The van der Waals surface area contributed by atoms with Crippen LogP contribution in [-0.2, 0) is 6.54 Å². The molecule has 0 amide bonds. The fourth-order valence-corrected chi connectivity index (χ4v) is 3.50. The molecule has 0 aliphatic rings. The van der Waals surface area contributed by atoms with Crippen LogP contribution in [0.5, 0.6) is 0 Å². The van der Waals surface area contributed by atoms with Gasteiger partial charge in [-0.1, -0.05) is 0 Å². The SMILES string of the molecule is CSCC(C)NCc1c(C)nc2scc(C)n12. The number of nitrogens with one attached hydrogen (secondary N) is 1. The van der Waals surface area contributed by atoms with Crippen molar-refractivity contribution in [2.45, 2.75) is 33.4 Å². The first kappa shape index (κ1) is 12.9. The van der Waals surface area contributed by atoms with Crippen LogP contribution in [0.2, 0.25) is 0 Å². The van der Waals surface area contributed by atoms with E-state index in [-0.39, 0.29) is 0 Å². The molecule has 2 rings (SSSR count). The molecule has 2 aromatic rings. The summed E-state index contributed by atoms with van der Waals surface area (Å²) in [5, 5.41) is 5.72. The molecule has 0 aliphatic heterocycles. The van der Waals surface area contributed by atoms with Gasteiger partial charge in [0, 0.05) is 29.4 Å². The van der Waals surface area contributed by atoms with Gasteiger partial charge in [-0.25, -0.2) is 4.98 Å². The Hall–Kier alpha value is -0.520. The molecule has 0 saturated heterocycles. The molecule has 0 aromatic carbocycles. The number of fused-ring (bicyclic) bond motifs is 1. The lowest BCUT2D eigenvalue weighted by molar-refractivity contribution is 0.584. The summed E-state index contributed by atoms with van der Waals surface area (Å²) in [6.45, 7) is 7.35. The van der Waals surface area contributed by atoms with E-state index in [1.54, 1.807) is 11.3 Å². The van der Waals surface area contributed by atoms with Crippen molar-refractivity contribution in [3.8, 4) is 0 Å². The van der Waals surface area contributed by atoms with Gasteiger partial charge in [0.2, 0.25) is 0 Å². The lowest BCUT2D eigenvalue weighted by Gasteiger charge is -2.12. The summed E-state index contributed by atoms with van der Waals surface area (Å²) in [7, 11) is 0. The Balaban J connectivity index is 2.17. The van der Waals surface area contributed by atoms with E-state index in [4.69, 9.17) is 0 Å². The van der Waals surface area contributed by atoms with Gasteiger partial charge in [-0.05, 0) is 27.0 Å². The molecule has 0 saturated carbocycles. The second-order valence-corrected chi connectivity index (χ2v) is 6.12. The normalized spacial score (nSPS) is 13.4. The molecule has 0 fully saturated rings. The van der Waals surface area contributed by atoms with Gasteiger partial charge in [0.25, 0.3) is 0 Å². The Labute approximate surface area is 111 Å². The summed E-state index contributed by atoms with van der Waals surface area (Å²) < 4.78 is 2.26. The number of imidazole rings is 1. The highest BCUT2D eigenvalue weighted by Gasteiger charge is 2.12. The first-order valence-electron chi connectivity index (χ1n) is 5.77. The molecule has 0 radical (unpaired) electrons. The summed E-state index contributed by atoms with van der Waals surface area (Å²) in [5.41, 5.74) is 3.72. The van der Waals surface area contributed by atoms with Crippen LogP contribution >= 0.6 is 23.1 Å². The van der Waals surface area contributed by atoms with E-state index in [9.17, 15) is 0 Å². The van der Waals surface area contributed by atoms with E-state index in [0.717, 1.165) is 23.0 Å². The minimum Gasteiger partial charge on any atom is -0.308 e. The molecule has 17 heavy (non-hydrogen) atoms. The zero-order valence-corrected chi connectivity index (χ0v) is 12.4. The van der Waals surface area contributed by atoms with Gasteiger partial charge in [0.15, 0.2) is 4.96 Å². The minimum atomic E-state index is 0.536. The highest BCUT2D eigenvalue weighted by molar-refractivity contribution is 7.98. The molecular weight excluding hydrogens is 250 g/mol. The Bertz CT molecular complexity index is 501. The van der Waals surface area contributed by atoms with Crippen LogP contribution in [0.25, 0.3) is 4.96 Å². The first-order chi connectivity index (χ1) is 8.13. The molecule has 0 spiro atoms. The van der Waals surface area contributed by atoms with Crippen LogP contribution in [0.15, 0.2) is 5.38 Å². The van der Waals surface area contributed by atoms with Crippen LogP contribution < -0.4 is 5.32 Å². The van der Waals surface area contributed by atoms with Crippen molar-refractivity contribution in [3.05, 3.63) is 22.5 Å². The van der Waals surface area contributed by atoms with E-state index in [1.165, 1.54) is 11.4 Å². The lowest BCUT2D eigenvalue weighted by atomic mass is 10.3. The summed E-state index contributed by atoms with van der Waals surface area (Å²) >= 11 is 3.59. The molecule has 2 aromatic heterocycles. The van der Waals surface area contributed by atoms with Gasteiger partial charge in [-0.2, -0.15) is 11.8 Å². The number of hydrogen-bond acceptors (Lipinski definition) is 4. The molecule has 1 N–H and O–H groups in total. The Kier molecular flexibility index (Phi) is 4.12. The molecule has 0 bridgehead atoms. The molecule has 5 heteroatoms. The fraction of sp³-hybridized carbons (Fsp3) is 0.583. The smallest absolute Gasteiger partial charge is 0.194 e. The Morgan fingerprint density at radius 1 is 1.53 bits per heavy atom. The van der Waals surface area contributed by atoms with E-state index in [1.807, 2.05) is 11.8 Å². The molecule has 2 heterocycles. The van der Waals surface area contributed by atoms with Crippen LogP contribution in [0.3, 0.4) is 0 Å². The average Bonchev–Trinajstić information content (AvgIpc) is 2.77. The maximum Gasteiger partial charge on any atom is 0.194 e. The van der Waals surface area contributed by atoms with Crippen molar-refractivity contribution in [1.82, 2.24) is 14.7 Å². The quantitative estimate of drug-likeness (QED) is 0.905. The second kappa shape index (κ2) is 5.42. The number of aryl methyl sites for hydroxylation is 2. The minimum absolute atomic E-state index is 0.536. The van der Waals surface area contributed by atoms with Gasteiger partial charge >= 0.3 is 0 Å². The Morgan fingerprint density at radius 2 is 2.29 bits per heavy atom. The number of nitrogens with zero attached hydrogens (tertiary/aromatic N) is 2. The van der Waals surface area contributed by atoms with Crippen molar-refractivity contribution in [1.29, 1.82) is 0 Å². The summed E-state index contributed by atoms with van der Waals surface area (Å²) in [4.78, 5) is 5.70. The van der Waals surface area contributed by atoms with Crippen LogP contribution in [-0.4, -0.2) is 27.4 Å². The van der Waals surface area contributed by atoms with Crippen molar-refractivity contribution in [2.24, 2.45) is 0 Å². The Morgan fingerprint density at radius 3 is 3.00 bits per heavy atom. The topological polar surface area (TPSA) is 29.3 Å². The molecule has 1 unspecified atom stereocenters. The third-order valence-electron chi connectivity index (χ3n) is 2.86. The first-order valence-corrected chi connectivity index (χ1v) is 8.05. The fourth-order valence-electron chi connectivity index (χ4n) is 1.96. The summed E-state index contributed by atoms with van der Waals surface area (Å²) in [6.07, 6.45) is 2.14. The van der Waals surface area contributed by atoms with E-state index in [0.29, 0.717) is 6.04 Å². The zero-order valence-electron chi connectivity index (χ0n) is 10.8. The third kappa shape index (κ3) is 2.67. The van der Waals surface area contributed by atoms with Gasteiger partial charge in [-0.3, -0.25) is 4.40 Å². The van der Waals surface area contributed by atoms with E-state index >= 15 is 0 Å². The largest absolute Gasteiger partial charge is 0.308 e. The van der Waals surface area contributed by atoms with E-state index < -0.39 is 0 Å². The highest BCUT2D eigenvalue weighted by Crippen LogP contribution is 2.20. The van der Waals surface area contributed by atoms with Crippen LogP contribution in [0, 0.1) is 13.8 Å². The monoisotopic (exact) mass is 269 g/mol. The van der Waals surface area contributed by atoms with Gasteiger partial charge in [-0.15, -0.1) is 11.3 Å². The summed E-state index contributed by atoms with van der Waals surface area (Å²) in [6, 6.07) is 0.536. The van der Waals surface area contributed by atoms with Crippen molar-refractivity contribution in [3.63, 3.8) is 0 Å². The average molecular weight is 269 g/mol. The standard InChI is InChI=1S/C12H19N3S2/c1-8(6-16-4)13-5-11-10(3)14-12-15(11)9(2)7-17-12/h7-8,13H,5-6H2,1-4H3. The van der Waals surface area contributed by atoms with Gasteiger partial charge in [0.1, 0.15) is 0 Å². The highest BCUT2D eigenvalue weighted by atomic mass is 32.2. The number of hydrogen-bond donors (Lipinski definition) is 1. The number of rotatable bonds is 5. The second-order valence-electron chi connectivity index (χ2n) is 4.38. The molecule has 94 valence electrons. The van der Waals surface area contributed by atoms with Crippen LogP contribution in [0.4, 0.5) is 0 Å². The third-order valence-corrected chi connectivity index (χ3v) is 4.64. The summed E-state index contributed by atoms with van der Waals surface area (Å²) in [5.74, 6) is 1.14. The predicted octanol–water partition coefficient (Wildman–Crippen LogP) is 2.85. The van der Waals surface area contributed by atoms with Gasteiger partial charge in [0.05, 0.1) is 11.4 Å². The number of aromatic nitrogens is 2. The van der Waals surface area contributed by atoms with Gasteiger partial charge < -0.3 is 5.32 Å². The van der Waals surface area contributed by atoms with Crippen molar-refractivity contribution in [2.75, 3.05) is 12.0 Å². The number of thioether (sulfide) groups is 1. The van der Waals surface area contributed by atoms with Crippen LogP contribution in [0.1, 0.15) is 24.0 Å². The number of thiazole rings is 1.